The number of nitrogens with one attached hydrogen (secondary N) is 2. The Bertz CT molecular complexity index is 1720. The number of allylic oxidation sites excluding steroid dienone is 1. The number of carbonyl (C=O) groups excluding carboxylic acids is 2. The number of aliphatic hydroxyl groups is 11. The van der Waals surface area contributed by atoms with E-state index in [0.29, 0.717) is 12.8 Å². The van der Waals surface area contributed by atoms with E-state index < -0.39 is 155 Å². The number of ether oxygens (including phenoxy) is 6. The first kappa shape index (κ1) is 73.7. The van der Waals surface area contributed by atoms with Crippen LogP contribution >= 0.6 is 0 Å². The molecule has 0 unspecified atom stereocenters. The number of carboxylic acid groups (broad SMARTS) is 1. The molecule has 0 aliphatic carbocycles. The van der Waals surface area contributed by atoms with Gasteiger partial charge in [-0.3, -0.25) is 9.59 Å². The summed E-state index contributed by atoms with van der Waals surface area (Å²) in [7, 11) is 0. The van der Waals surface area contributed by atoms with E-state index >= 15 is 0 Å². The predicted molar refractivity (Wildman–Crippen MR) is 302 cm³/mol. The van der Waals surface area contributed by atoms with Gasteiger partial charge in [0.1, 0.15) is 79.4 Å². The van der Waals surface area contributed by atoms with E-state index in [1.165, 1.54) is 116 Å². The molecule has 0 saturated carbocycles. The molecule has 3 saturated heterocycles. The number of amides is 2. The molecule has 0 spiro atoms. The molecule has 0 aromatic heterocycles. The van der Waals surface area contributed by atoms with Crippen LogP contribution in [-0.4, -0.2) is 222 Å². The van der Waals surface area contributed by atoms with Gasteiger partial charge in [-0.2, -0.15) is 0 Å². The molecular weight excluding hydrogens is 1070 g/mol. The van der Waals surface area contributed by atoms with Gasteiger partial charge in [0.15, 0.2) is 18.7 Å². The average Bonchev–Trinajstić information content (AvgIpc) is 3.65. The van der Waals surface area contributed by atoms with Gasteiger partial charge in [0, 0.05) is 13.3 Å². The van der Waals surface area contributed by atoms with E-state index in [0.717, 1.165) is 51.9 Å². The Morgan fingerprint density at radius 2 is 1.06 bits per heavy atom. The Morgan fingerprint density at radius 3 is 1.55 bits per heavy atom. The third-order valence-corrected chi connectivity index (χ3v) is 16.0. The number of carboxylic acids is 1. The summed E-state index contributed by atoms with van der Waals surface area (Å²) in [5, 5.41) is 135. The largest absolute Gasteiger partial charge is 0.479 e. The van der Waals surface area contributed by atoms with E-state index in [1.54, 1.807) is 6.08 Å². The lowest BCUT2D eigenvalue weighted by Crippen LogP contribution is -2.71. The number of aliphatic carboxylic acids is 1. The van der Waals surface area contributed by atoms with Crippen LogP contribution in [0.1, 0.15) is 201 Å². The first-order valence-electron chi connectivity index (χ1n) is 31.1. The number of unbranched alkanes of at least 4 members (excludes halogenated alkanes) is 25. The van der Waals surface area contributed by atoms with Crippen molar-refractivity contribution in [2.45, 2.75) is 317 Å². The summed E-state index contributed by atoms with van der Waals surface area (Å²) in [5.74, 6) is -2.92. The van der Waals surface area contributed by atoms with Gasteiger partial charge in [0.05, 0.1) is 44.6 Å². The highest BCUT2D eigenvalue weighted by atomic mass is 16.7. The van der Waals surface area contributed by atoms with E-state index in [2.05, 4.69) is 24.5 Å². The minimum absolute atomic E-state index is 0.208. The monoisotopic (exact) mass is 1180 g/mol. The zero-order valence-electron chi connectivity index (χ0n) is 49.3. The molecule has 82 heavy (non-hydrogen) atoms. The maximum Gasteiger partial charge on any atom is 0.335 e. The lowest BCUT2D eigenvalue weighted by Gasteiger charge is -2.49. The van der Waals surface area contributed by atoms with E-state index in [4.69, 9.17) is 28.4 Å². The maximum atomic E-state index is 13.4. The average molecular weight is 1180 g/mol. The predicted octanol–water partition coefficient (Wildman–Crippen LogP) is 2.82. The molecule has 480 valence electrons. The molecule has 0 bridgehead atoms. The van der Waals surface area contributed by atoms with Crippen LogP contribution in [0, 0.1) is 0 Å². The Balaban J connectivity index is 1.66. The zero-order valence-corrected chi connectivity index (χ0v) is 49.3. The molecule has 0 radical (unpaired) electrons. The first-order valence-corrected chi connectivity index (χ1v) is 31.1. The Hall–Kier alpha value is -2.53. The number of carbonyl (C=O) groups is 3. The Morgan fingerprint density at radius 1 is 0.561 bits per heavy atom. The van der Waals surface area contributed by atoms with Crippen molar-refractivity contribution < 1.29 is 104 Å². The molecule has 3 rings (SSSR count). The van der Waals surface area contributed by atoms with Crippen LogP contribution in [0.2, 0.25) is 0 Å². The molecule has 3 heterocycles. The molecule has 3 aliphatic heterocycles. The number of hydrogen-bond donors (Lipinski definition) is 14. The molecule has 0 aromatic rings. The molecule has 3 aliphatic rings. The topological polar surface area (TPSA) is 373 Å². The second-order valence-electron chi connectivity index (χ2n) is 22.8. The molecule has 23 heteroatoms. The van der Waals surface area contributed by atoms with E-state index in [9.17, 15) is 75.7 Å². The maximum absolute atomic E-state index is 13.4. The van der Waals surface area contributed by atoms with Crippen molar-refractivity contribution in [3.63, 3.8) is 0 Å². The third-order valence-electron chi connectivity index (χ3n) is 16.0. The lowest BCUT2D eigenvalue weighted by atomic mass is 9.87. The minimum atomic E-state index is -2.22. The van der Waals surface area contributed by atoms with Crippen LogP contribution in [0.5, 0.6) is 0 Å². The second kappa shape index (κ2) is 42.3. The van der Waals surface area contributed by atoms with Crippen molar-refractivity contribution in [2.75, 3.05) is 26.4 Å². The second-order valence-corrected chi connectivity index (χ2v) is 22.8. The highest BCUT2D eigenvalue weighted by molar-refractivity contribution is 5.76. The fourth-order valence-corrected chi connectivity index (χ4v) is 11.0. The smallest absolute Gasteiger partial charge is 0.335 e. The van der Waals surface area contributed by atoms with Crippen molar-refractivity contribution in [3.8, 4) is 0 Å². The van der Waals surface area contributed by atoms with Gasteiger partial charge in [-0.1, -0.05) is 180 Å². The van der Waals surface area contributed by atoms with Crippen LogP contribution in [0.4, 0.5) is 0 Å². The van der Waals surface area contributed by atoms with E-state index in [1.807, 2.05) is 6.08 Å². The van der Waals surface area contributed by atoms with Gasteiger partial charge in [-0.25, -0.2) is 4.79 Å². The summed E-state index contributed by atoms with van der Waals surface area (Å²) >= 11 is 0. The molecule has 23 nitrogen and oxygen atoms in total. The first-order chi connectivity index (χ1) is 39.4. The molecule has 3 fully saturated rings. The Labute approximate surface area is 486 Å². The summed E-state index contributed by atoms with van der Waals surface area (Å²) < 4.78 is 34.7. The summed E-state index contributed by atoms with van der Waals surface area (Å²) in [6.45, 7) is 2.19. The standard InChI is InChI=1S/C59H108N2O21/c1-4-6-8-10-12-14-16-18-19-21-23-25-27-29-31-33-44(68)61-39(40(66)32-30-28-26-24-22-20-17-15-13-11-9-7-5-2)37-77-58-50(73)49(72)52(43(36-64)79-58)82-59-51(74)54(47(70)42(35-63)78-59)81-55-48(71)45(60-38(3)65)53(46(69)41(67)34-62)80-56(55)57(75)76/h30,32,39-43,45-56,58-59,62-64,66-67,69-74H,4-29,31,33-37H2,1-3H3,(H,60,65)(H,61,68)(H,75,76)/b32-30+/t39-,40+,41-,42-,43-,45-,46-,47+,48-,49-,50-,51-,52-,53-,54+,55+,56-,58-,59+/m1/s1. The number of aliphatic hydroxyl groups excluding tert-OH is 11. The van der Waals surface area contributed by atoms with Crippen molar-refractivity contribution in [1.29, 1.82) is 0 Å². The molecule has 0 aromatic carbocycles. The fourth-order valence-electron chi connectivity index (χ4n) is 11.0. The van der Waals surface area contributed by atoms with Crippen LogP contribution < -0.4 is 10.6 Å². The summed E-state index contributed by atoms with van der Waals surface area (Å²) in [5.41, 5.74) is 0. The SMILES string of the molecule is CCCCCCCCCCCCC/C=C/[C@H](O)[C@@H](CO[C@@H]1O[C@H](CO)[C@@H](O[C@@H]2O[C@H](CO)[C@H](O)[C@H](O[C@H]3[C@H](O)[C@@H](NC(C)=O)[C@H]([C@H](O)[C@H](O)CO)O[C@H]3C(=O)O)[C@H]2O)[C@H](O)[C@H]1O)NC(=O)CCCCCCCCCCCCCCCCC. The van der Waals surface area contributed by atoms with E-state index in [-0.39, 0.29) is 12.3 Å². The van der Waals surface area contributed by atoms with Crippen molar-refractivity contribution in [1.82, 2.24) is 10.6 Å². The molecular formula is C59H108N2O21. The number of hydrogen-bond acceptors (Lipinski definition) is 20. The quantitative estimate of drug-likeness (QED) is 0.0308. The van der Waals surface area contributed by atoms with Gasteiger partial charge in [0.2, 0.25) is 11.8 Å². The lowest BCUT2D eigenvalue weighted by molar-refractivity contribution is -0.367. The van der Waals surface area contributed by atoms with Gasteiger partial charge < -0.3 is 100 Å². The minimum Gasteiger partial charge on any atom is -0.479 e. The van der Waals surface area contributed by atoms with Crippen LogP contribution in [-0.2, 0) is 42.8 Å². The van der Waals surface area contributed by atoms with Crippen molar-refractivity contribution >= 4 is 17.8 Å². The normalized spacial score (nSPS) is 30.2. The highest BCUT2D eigenvalue weighted by Crippen LogP contribution is 2.35. The zero-order chi connectivity index (χ0) is 60.4. The fraction of sp³-hybridized carbons (Fsp3) is 0.915. The number of rotatable bonds is 45. The van der Waals surface area contributed by atoms with Crippen molar-refractivity contribution in [2.24, 2.45) is 0 Å². The summed E-state index contributed by atoms with van der Waals surface area (Å²) in [4.78, 5) is 38.1. The van der Waals surface area contributed by atoms with Crippen LogP contribution in [0.15, 0.2) is 12.2 Å². The van der Waals surface area contributed by atoms with Crippen molar-refractivity contribution in [3.05, 3.63) is 12.2 Å². The molecule has 14 N–H and O–H groups in total. The van der Waals surface area contributed by atoms with Crippen LogP contribution in [0.25, 0.3) is 0 Å². The van der Waals surface area contributed by atoms with Gasteiger partial charge >= 0.3 is 5.97 Å². The summed E-state index contributed by atoms with van der Waals surface area (Å²) in [6, 6.07) is -2.73. The summed E-state index contributed by atoms with van der Waals surface area (Å²) in [6.07, 6.45) is 3.04. The highest BCUT2D eigenvalue weighted by Gasteiger charge is 2.57. The Kier molecular flexibility index (Phi) is 38.1. The van der Waals surface area contributed by atoms with Gasteiger partial charge in [-0.05, 0) is 19.3 Å². The van der Waals surface area contributed by atoms with Crippen LogP contribution in [0.3, 0.4) is 0 Å². The third kappa shape index (κ3) is 25.8. The molecule has 2 amide bonds. The van der Waals surface area contributed by atoms with Gasteiger partial charge in [0.25, 0.3) is 0 Å². The van der Waals surface area contributed by atoms with Gasteiger partial charge in [-0.15, -0.1) is 0 Å². The molecule has 19 atom stereocenters.